The zero-order valence-electron chi connectivity index (χ0n) is 12.1. The van der Waals surface area contributed by atoms with Gasteiger partial charge in [-0.25, -0.2) is 9.97 Å². The van der Waals surface area contributed by atoms with Gasteiger partial charge in [0, 0.05) is 13.1 Å². The number of aromatic amines is 1. The minimum Gasteiger partial charge on any atom is -0.343 e. The van der Waals surface area contributed by atoms with Crippen molar-refractivity contribution >= 4 is 17.1 Å². The molecule has 4 rings (SSSR count). The number of H-pyrrole nitrogens is 1. The van der Waals surface area contributed by atoms with Gasteiger partial charge in [-0.1, -0.05) is 24.3 Å². The van der Waals surface area contributed by atoms with Crippen LogP contribution in [-0.2, 0) is 13.0 Å². The van der Waals surface area contributed by atoms with E-state index in [9.17, 15) is 4.79 Å². The molecule has 3 heterocycles. The van der Waals surface area contributed by atoms with Crippen molar-refractivity contribution in [3.05, 3.63) is 59.5 Å². The van der Waals surface area contributed by atoms with Gasteiger partial charge in [-0.05, 0) is 36.1 Å². The standard InChI is InChI=1S/C17H16N4O/c22-17(15-8-7-14-16(20-15)19-11-18-14)21-9-3-6-12-4-1-2-5-13(12)10-21/h1-2,4-5,7-8,11H,3,6,9-10H2,(H,18,19,20). The van der Waals surface area contributed by atoms with Crippen LogP contribution in [0.5, 0.6) is 0 Å². The molecule has 1 N–H and O–H groups in total. The van der Waals surface area contributed by atoms with Crippen LogP contribution in [0, 0.1) is 0 Å². The van der Waals surface area contributed by atoms with Crippen molar-refractivity contribution in [3.8, 4) is 0 Å². The maximum atomic E-state index is 12.8. The van der Waals surface area contributed by atoms with Gasteiger partial charge >= 0.3 is 0 Å². The molecule has 1 aliphatic rings. The number of carbonyl (C=O) groups is 1. The summed E-state index contributed by atoms with van der Waals surface area (Å²) in [5.41, 5.74) is 4.46. The van der Waals surface area contributed by atoms with Crippen LogP contribution in [0.25, 0.3) is 11.2 Å². The molecule has 0 spiro atoms. The van der Waals surface area contributed by atoms with Gasteiger partial charge in [0.05, 0.1) is 11.8 Å². The zero-order chi connectivity index (χ0) is 14.9. The Hall–Kier alpha value is -2.69. The van der Waals surface area contributed by atoms with Gasteiger partial charge in [-0.2, -0.15) is 0 Å². The highest BCUT2D eigenvalue weighted by atomic mass is 16.2. The third kappa shape index (κ3) is 2.24. The van der Waals surface area contributed by atoms with Crippen LogP contribution in [0.1, 0.15) is 28.0 Å². The first-order chi connectivity index (χ1) is 10.8. The predicted octanol–water partition coefficient (Wildman–Crippen LogP) is 2.55. The number of hydrogen-bond donors (Lipinski definition) is 1. The average Bonchev–Trinajstić information content (AvgIpc) is 2.91. The fraction of sp³-hybridized carbons (Fsp3) is 0.235. The van der Waals surface area contributed by atoms with E-state index in [-0.39, 0.29) is 5.91 Å². The van der Waals surface area contributed by atoms with Crippen LogP contribution in [0.15, 0.2) is 42.7 Å². The third-order valence-electron chi connectivity index (χ3n) is 4.14. The Bertz CT molecular complexity index is 839. The molecule has 3 aromatic rings. The van der Waals surface area contributed by atoms with Gasteiger partial charge in [0.25, 0.3) is 5.91 Å². The van der Waals surface area contributed by atoms with E-state index in [0.717, 1.165) is 24.9 Å². The number of fused-ring (bicyclic) bond motifs is 2. The second-order valence-electron chi connectivity index (χ2n) is 5.57. The highest BCUT2D eigenvalue weighted by molar-refractivity contribution is 5.94. The lowest BCUT2D eigenvalue weighted by Gasteiger charge is -2.20. The summed E-state index contributed by atoms with van der Waals surface area (Å²) in [6.07, 6.45) is 3.59. The number of rotatable bonds is 1. The molecule has 2 aromatic heterocycles. The predicted molar refractivity (Wildman–Crippen MR) is 83.4 cm³/mol. The Balaban J connectivity index is 1.64. The van der Waals surface area contributed by atoms with Crippen molar-refractivity contribution in [1.29, 1.82) is 0 Å². The maximum Gasteiger partial charge on any atom is 0.272 e. The SMILES string of the molecule is O=C(c1ccc2[nH]cnc2n1)N1CCCc2ccccc2C1. The molecule has 22 heavy (non-hydrogen) atoms. The number of aryl methyl sites for hydroxylation is 1. The van der Waals surface area contributed by atoms with Crippen molar-refractivity contribution in [3.63, 3.8) is 0 Å². The Morgan fingerprint density at radius 2 is 2.00 bits per heavy atom. The maximum absolute atomic E-state index is 12.8. The average molecular weight is 292 g/mol. The molecule has 0 saturated carbocycles. The van der Waals surface area contributed by atoms with E-state index in [1.54, 1.807) is 12.4 Å². The molecule has 0 fully saturated rings. The first kappa shape index (κ1) is 13.0. The molecule has 0 radical (unpaired) electrons. The smallest absolute Gasteiger partial charge is 0.272 e. The summed E-state index contributed by atoms with van der Waals surface area (Å²) in [5, 5.41) is 0. The minimum absolute atomic E-state index is 0.0263. The number of nitrogens with one attached hydrogen (secondary N) is 1. The molecule has 0 aliphatic carbocycles. The van der Waals surface area contributed by atoms with Crippen molar-refractivity contribution in [2.45, 2.75) is 19.4 Å². The van der Waals surface area contributed by atoms with Crippen LogP contribution < -0.4 is 0 Å². The first-order valence-corrected chi connectivity index (χ1v) is 7.47. The number of aromatic nitrogens is 3. The number of benzene rings is 1. The molecule has 0 bridgehead atoms. The Labute approximate surface area is 128 Å². The van der Waals surface area contributed by atoms with E-state index in [2.05, 4.69) is 33.2 Å². The number of carbonyl (C=O) groups excluding carboxylic acids is 1. The quantitative estimate of drug-likeness (QED) is 0.749. The van der Waals surface area contributed by atoms with E-state index in [1.165, 1.54) is 11.1 Å². The summed E-state index contributed by atoms with van der Waals surface area (Å²) in [7, 11) is 0. The van der Waals surface area contributed by atoms with Gasteiger partial charge in [0.15, 0.2) is 5.65 Å². The Morgan fingerprint density at radius 3 is 2.91 bits per heavy atom. The number of amides is 1. The van der Waals surface area contributed by atoms with Crippen molar-refractivity contribution < 1.29 is 4.79 Å². The third-order valence-corrected chi connectivity index (χ3v) is 4.14. The van der Waals surface area contributed by atoms with Gasteiger partial charge in [0.1, 0.15) is 5.69 Å². The second kappa shape index (κ2) is 5.26. The minimum atomic E-state index is -0.0263. The van der Waals surface area contributed by atoms with Crippen LogP contribution >= 0.6 is 0 Å². The first-order valence-electron chi connectivity index (χ1n) is 7.47. The molecule has 1 aliphatic heterocycles. The molecule has 0 saturated heterocycles. The number of nitrogens with zero attached hydrogens (tertiary/aromatic N) is 3. The van der Waals surface area contributed by atoms with Crippen molar-refractivity contribution in [2.24, 2.45) is 0 Å². The van der Waals surface area contributed by atoms with Crippen LogP contribution in [-0.4, -0.2) is 32.3 Å². The molecule has 1 aromatic carbocycles. The van der Waals surface area contributed by atoms with E-state index < -0.39 is 0 Å². The number of pyridine rings is 1. The summed E-state index contributed by atoms with van der Waals surface area (Å²) in [5.74, 6) is -0.0263. The topological polar surface area (TPSA) is 61.9 Å². The molecule has 110 valence electrons. The summed E-state index contributed by atoms with van der Waals surface area (Å²) in [6.45, 7) is 1.41. The van der Waals surface area contributed by atoms with Gasteiger partial charge < -0.3 is 9.88 Å². The monoisotopic (exact) mass is 292 g/mol. The highest BCUT2D eigenvalue weighted by Gasteiger charge is 2.21. The highest BCUT2D eigenvalue weighted by Crippen LogP contribution is 2.20. The number of imidazole rings is 1. The largest absolute Gasteiger partial charge is 0.343 e. The number of hydrogen-bond acceptors (Lipinski definition) is 3. The van der Waals surface area contributed by atoms with E-state index in [1.807, 2.05) is 17.0 Å². The van der Waals surface area contributed by atoms with Crippen molar-refractivity contribution in [1.82, 2.24) is 19.9 Å². The Morgan fingerprint density at radius 1 is 1.14 bits per heavy atom. The lowest BCUT2D eigenvalue weighted by molar-refractivity contribution is 0.0740. The van der Waals surface area contributed by atoms with E-state index in [4.69, 9.17) is 0 Å². The molecular weight excluding hydrogens is 276 g/mol. The molecule has 0 atom stereocenters. The second-order valence-corrected chi connectivity index (χ2v) is 5.57. The molecule has 1 amide bonds. The fourth-order valence-corrected chi connectivity index (χ4v) is 2.98. The molecular formula is C17H16N4O. The van der Waals surface area contributed by atoms with Crippen LogP contribution in [0.2, 0.25) is 0 Å². The summed E-state index contributed by atoms with van der Waals surface area (Å²) < 4.78 is 0. The molecule has 5 nitrogen and oxygen atoms in total. The van der Waals surface area contributed by atoms with Crippen molar-refractivity contribution in [2.75, 3.05) is 6.54 Å². The molecule has 0 unspecified atom stereocenters. The zero-order valence-corrected chi connectivity index (χ0v) is 12.1. The summed E-state index contributed by atoms with van der Waals surface area (Å²) >= 11 is 0. The van der Waals surface area contributed by atoms with E-state index >= 15 is 0 Å². The van der Waals surface area contributed by atoms with Gasteiger partial charge in [-0.3, -0.25) is 4.79 Å². The molecule has 5 heteroatoms. The van der Waals surface area contributed by atoms with Crippen LogP contribution in [0.3, 0.4) is 0 Å². The van der Waals surface area contributed by atoms with E-state index in [0.29, 0.717) is 17.9 Å². The fourth-order valence-electron chi connectivity index (χ4n) is 2.98. The normalized spacial score (nSPS) is 14.6. The van der Waals surface area contributed by atoms with Gasteiger partial charge in [0.2, 0.25) is 0 Å². The summed E-state index contributed by atoms with van der Waals surface area (Å²) in [4.78, 5) is 26.1. The van der Waals surface area contributed by atoms with Gasteiger partial charge in [-0.15, -0.1) is 0 Å². The lowest BCUT2D eigenvalue weighted by atomic mass is 10.0. The Kier molecular flexibility index (Phi) is 3.11. The van der Waals surface area contributed by atoms with Crippen LogP contribution in [0.4, 0.5) is 0 Å². The lowest BCUT2D eigenvalue weighted by Crippen LogP contribution is -2.31. The summed E-state index contributed by atoms with van der Waals surface area (Å²) in [6, 6.07) is 12.0.